The molecule has 0 saturated heterocycles. The number of carboxylic acids is 1. The number of hydrogen-bond acceptors (Lipinski definition) is 3. The maximum atomic E-state index is 10.3. The summed E-state index contributed by atoms with van der Waals surface area (Å²) in [5.41, 5.74) is 5.31. The van der Waals surface area contributed by atoms with E-state index in [0.717, 1.165) is 0 Å². The summed E-state index contributed by atoms with van der Waals surface area (Å²) >= 11 is 4.08. The molecule has 60 valence electrons. The highest BCUT2D eigenvalue weighted by Crippen LogP contribution is 2.11. The average molecular weight is 163 g/mol. The summed E-state index contributed by atoms with van der Waals surface area (Å²) in [4.78, 5) is 10.3. The van der Waals surface area contributed by atoms with Crippen molar-refractivity contribution in [2.24, 2.45) is 11.7 Å². The molecule has 0 radical (unpaired) electrons. The van der Waals surface area contributed by atoms with Crippen LogP contribution in [0, 0.1) is 5.92 Å². The molecule has 0 heterocycles. The number of aliphatic carboxylic acids is 1. The predicted octanol–water partition coefficient (Wildman–Crippen LogP) is 0.353. The van der Waals surface area contributed by atoms with Crippen molar-refractivity contribution in [3.63, 3.8) is 0 Å². The molecule has 3 nitrogen and oxygen atoms in total. The summed E-state index contributed by atoms with van der Waals surface area (Å²) in [7, 11) is 0. The average Bonchev–Trinajstić information content (AvgIpc) is 1.84. The molecule has 0 spiro atoms. The quantitative estimate of drug-likeness (QED) is 0.526. The largest absolute Gasteiger partial charge is 0.480 e. The van der Waals surface area contributed by atoms with Crippen molar-refractivity contribution in [2.45, 2.75) is 25.1 Å². The normalized spacial score (nSPS) is 19.6. The Morgan fingerprint density at radius 3 is 2.10 bits per heavy atom. The third-order valence-electron chi connectivity index (χ3n) is 1.61. The number of carboxylic acid groups (broad SMARTS) is 1. The van der Waals surface area contributed by atoms with Gasteiger partial charge in [-0.3, -0.25) is 4.79 Å². The van der Waals surface area contributed by atoms with Gasteiger partial charge in [0, 0.05) is 5.25 Å². The first-order chi connectivity index (χ1) is 4.46. The number of thiol groups is 1. The Balaban J connectivity index is 3.94. The molecule has 3 N–H and O–H groups in total. The minimum atomic E-state index is -0.964. The Hall–Kier alpha value is -0.220. The van der Waals surface area contributed by atoms with E-state index in [2.05, 4.69) is 12.6 Å². The second kappa shape index (κ2) is 3.83. The van der Waals surface area contributed by atoms with Gasteiger partial charge in [-0.2, -0.15) is 12.6 Å². The van der Waals surface area contributed by atoms with E-state index in [9.17, 15) is 4.79 Å². The van der Waals surface area contributed by atoms with Crippen molar-refractivity contribution in [2.75, 3.05) is 0 Å². The molecule has 0 saturated carbocycles. The van der Waals surface area contributed by atoms with Gasteiger partial charge in [-0.25, -0.2) is 0 Å². The second-order valence-corrected chi connectivity index (χ2v) is 3.28. The van der Waals surface area contributed by atoms with E-state index < -0.39 is 12.0 Å². The molecule has 0 amide bonds. The zero-order valence-electron chi connectivity index (χ0n) is 6.11. The van der Waals surface area contributed by atoms with Gasteiger partial charge in [0.25, 0.3) is 0 Å². The minimum Gasteiger partial charge on any atom is -0.480 e. The molecule has 0 aromatic heterocycles. The summed E-state index contributed by atoms with van der Waals surface area (Å²) in [5, 5.41) is 8.46. The Labute approximate surface area is 66.0 Å². The maximum Gasteiger partial charge on any atom is 0.320 e. The zero-order valence-corrected chi connectivity index (χ0v) is 7.01. The number of hydrogen-bond donors (Lipinski definition) is 3. The second-order valence-electron chi connectivity index (χ2n) is 2.46. The van der Waals surface area contributed by atoms with Crippen LogP contribution in [-0.4, -0.2) is 22.4 Å². The van der Waals surface area contributed by atoms with E-state index in [1.54, 1.807) is 6.92 Å². The Bertz CT molecular complexity index is 127. The molecule has 0 aliphatic heterocycles. The summed E-state index contributed by atoms with van der Waals surface area (Å²) in [6, 6.07) is -0.799. The molecular formula is C6H13NO2S. The van der Waals surface area contributed by atoms with Gasteiger partial charge >= 0.3 is 5.97 Å². The summed E-state index contributed by atoms with van der Waals surface area (Å²) < 4.78 is 0. The number of nitrogens with two attached hydrogens (primary N) is 1. The van der Waals surface area contributed by atoms with Gasteiger partial charge in [0.05, 0.1) is 0 Å². The van der Waals surface area contributed by atoms with Crippen LogP contribution >= 0.6 is 12.6 Å². The van der Waals surface area contributed by atoms with E-state index in [4.69, 9.17) is 10.8 Å². The summed E-state index contributed by atoms with van der Waals surface area (Å²) in [5.74, 6) is -1.06. The lowest BCUT2D eigenvalue weighted by Crippen LogP contribution is -2.39. The topological polar surface area (TPSA) is 63.3 Å². The van der Waals surface area contributed by atoms with Gasteiger partial charge < -0.3 is 10.8 Å². The van der Waals surface area contributed by atoms with Crippen molar-refractivity contribution in [3.8, 4) is 0 Å². The van der Waals surface area contributed by atoms with E-state index in [-0.39, 0.29) is 11.2 Å². The first kappa shape index (κ1) is 9.78. The fourth-order valence-electron chi connectivity index (χ4n) is 0.525. The summed E-state index contributed by atoms with van der Waals surface area (Å²) in [6.45, 7) is 3.60. The third kappa shape index (κ3) is 2.58. The van der Waals surface area contributed by atoms with Crippen LogP contribution in [0.2, 0.25) is 0 Å². The van der Waals surface area contributed by atoms with Crippen LogP contribution in [0.25, 0.3) is 0 Å². The van der Waals surface area contributed by atoms with Gasteiger partial charge in [0.2, 0.25) is 0 Å². The number of rotatable bonds is 3. The van der Waals surface area contributed by atoms with Gasteiger partial charge in [-0.15, -0.1) is 0 Å². The lowest BCUT2D eigenvalue weighted by atomic mass is 10.00. The van der Waals surface area contributed by atoms with E-state index in [1.165, 1.54) is 0 Å². The highest BCUT2D eigenvalue weighted by molar-refractivity contribution is 7.80. The van der Waals surface area contributed by atoms with E-state index >= 15 is 0 Å². The molecule has 2 unspecified atom stereocenters. The molecule has 4 heteroatoms. The smallest absolute Gasteiger partial charge is 0.320 e. The Kier molecular flexibility index (Phi) is 3.75. The molecule has 10 heavy (non-hydrogen) atoms. The van der Waals surface area contributed by atoms with Crippen LogP contribution < -0.4 is 5.73 Å². The molecule has 0 aliphatic carbocycles. The maximum absolute atomic E-state index is 10.3. The molecule has 0 rings (SSSR count). The fourth-order valence-corrected chi connectivity index (χ4v) is 0.710. The van der Waals surface area contributed by atoms with Gasteiger partial charge in [0.15, 0.2) is 0 Å². The zero-order chi connectivity index (χ0) is 8.31. The SMILES string of the molecule is CC(S)C(C)[C@H](N)C(=O)O. The third-order valence-corrected chi connectivity index (χ3v) is 2.08. The number of carbonyl (C=O) groups is 1. The standard InChI is InChI=1S/C6H13NO2S/c1-3(4(2)10)5(7)6(8)9/h3-5,10H,7H2,1-2H3,(H,8,9)/t3?,4?,5-/m0/s1. The Morgan fingerprint density at radius 2 is 2.00 bits per heavy atom. The summed E-state index contributed by atoms with van der Waals surface area (Å²) in [6.07, 6.45) is 0. The van der Waals surface area contributed by atoms with Gasteiger partial charge in [0.1, 0.15) is 6.04 Å². The molecule has 0 aliphatic rings. The van der Waals surface area contributed by atoms with Crippen molar-refractivity contribution in [1.82, 2.24) is 0 Å². The predicted molar refractivity (Wildman–Crippen MR) is 43.2 cm³/mol. The highest BCUT2D eigenvalue weighted by atomic mass is 32.1. The monoisotopic (exact) mass is 163 g/mol. The Morgan fingerprint density at radius 1 is 1.60 bits per heavy atom. The highest BCUT2D eigenvalue weighted by Gasteiger charge is 2.22. The molecule has 3 atom stereocenters. The van der Waals surface area contributed by atoms with Crippen LogP contribution in [0.1, 0.15) is 13.8 Å². The molecule has 0 aromatic carbocycles. The van der Waals surface area contributed by atoms with E-state index in [1.807, 2.05) is 6.92 Å². The lowest BCUT2D eigenvalue weighted by Gasteiger charge is -2.18. The van der Waals surface area contributed by atoms with Crippen LogP contribution in [0.4, 0.5) is 0 Å². The fraction of sp³-hybridized carbons (Fsp3) is 0.833. The first-order valence-electron chi connectivity index (χ1n) is 3.13. The molecule has 0 fully saturated rings. The van der Waals surface area contributed by atoms with Crippen LogP contribution in [0.5, 0.6) is 0 Å². The van der Waals surface area contributed by atoms with Crippen LogP contribution in [0.15, 0.2) is 0 Å². The van der Waals surface area contributed by atoms with Gasteiger partial charge in [-0.05, 0) is 5.92 Å². The van der Waals surface area contributed by atoms with Crippen LogP contribution in [0.3, 0.4) is 0 Å². The molecule has 0 bridgehead atoms. The van der Waals surface area contributed by atoms with Gasteiger partial charge in [-0.1, -0.05) is 13.8 Å². The van der Waals surface area contributed by atoms with Crippen molar-refractivity contribution in [1.29, 1.82) is 0 Å². The lowest BCUT2D eigenvalue weighted by molar-refractivity contribution is -0.139. The first-order valence-corrected chi connectivity index (χ1v) is 3.65. The molecular weight excluding hydrogens is 150 g/mol. The van der Waals surface area contributed by atoms with E-state index in [0.29, 0.717) is 0 Å². The van der Waals surface area contributed by atoms with Crippen molar-refractivity contribution < 1.29 is 9.90 Å². The van der Waals surface area contributed by atoms with Crippen molar-refractivity contribution >= 4 is 18.6 Å². The minimum absolute atomic E-state index is 0.0195. The van der Waals surface area contributed by atoms with Crippen LogP contribution in [-0.2, 0) is 4.79 Å². The molecule has 0 aromatic rings. The van der Waals surface area contributed by atoms with Crippen molar-refractivity contribution in [3.05, 3.63) is 0 Å².